The molecule has 1 rings (SSSR count). The lowest BCUT2D eigenvalue weighted by atomic mass is 10.3. The highest BCUT2D eigenvalue weighted by Gasteiger charge is 2.36. The molecule has 0 aliphatic carbocycles. The molecule has 0 aromatic rings. The van der Waals surface area contributed by atoms with Crippen LogP contribution in [0, 0.1) is 0 Å². The van der Waals surface area contributed by atoms with E-state index in [0.717, 1.165) is 0 Å². The number of rotatable bonds is 0. The molecule has 1 fully saturated rings. The maximum absolute atomic E-state index is 12.2. The van der Waals surface area contributed by atoms with E-state index in [0.29, 0.717) is 0 Å². The highest BCUT2D eigenvalue weighted by molar-refractivity contribution is 7.91. The average molecular weight is 154 g/mol. The van der Waals surface area contributed by atoms with Crippen LogP contribution < -0.4 is 0 Å². The van der Waals surface area contributed by atoms with Gasteiger partial charge in [0.15, 0.2) is 9.84 Å². The van der Waals surface area contributed by atoms with Crippen molar-refractivity contribution in [2.75, 3.05) is 11.5 Å². The van der Waals surface area contributed by atoms with Crippen molar-refractivity contribution in [1.82, 2.24) is 0 Å². The Morgan fingerprint density at radius 1 is 1.44 bits per heavy atom. The normalized spacial score (nSPS) is 41.1. The van der Waals surface area contributed by atoms with Crippen molar-refractivity contribution in [3.8, 4) is 0 Å². The van der Waals surface area contributed by atoms with Crippen LogP contribution in [0.3, 0.4) is 0 Å². The van der Waals surface area contributed by atoms with Crippen LogP contribution >= 0.6 is 0 Å². The van der Waals surface area contributed by atoms with Crippen molar-refractivity contribution < 1.29 is 17.9 Å². The van der Waals surface area contributed by atoms with Gasteiger partial charge in [0.25, 0.3) is 0 Å². The third-order valence-corrected chi connectivity index (χ3v) is 2.93. The van der Waals surface area contributed by atoms with Crippen LogP contribution in [0.15, 0.2) is 0 Å². The molecule has 1 saturated heterocycles. The topological polar surface area (TPSA) is 54.4 Å². The molecule has 0 aromatic heterocycles. The molecule has 0 spiro atoms. The van der Waals surface area contributed by atoms with E-state index < -0.39 is 33.6 Å². The standard InChI is InChI=1S/C4H7FO3S/c5-3-1-9(7,8)2-4(3)6/h3-4,6H,1-2H2/t3-,4-/m1/s1. The summed E-state index contributed by atoms with van der Waals surface area (Å²) in [6, 6.07) is 0. The van der Waals surface area contributed by atoms with E-state index in [2.05, 4.69) is 0 Å². The van der Waals surface area contributed by atoms with Crippen LogP contribution in [-0.2, 0) is 9.84 Å². The Labute approximate surface area is 52.4 Å². The quantitative estimate of drug-likeness (QED) is 0.492. The van der Waals surface area contributed by atoms with Crippen molar-refractivity contribution >= 4 is 9.84 Å². The van der Waals surface area contributed by atoms with Crippen LogP contribution in [0.1, 0.15) is 0 Å². The van der Waals surface area contributed by atoms with E-state index in [1.54, 1.807) is 0 Å². The van der Waals surface area contributed by atoms with E-state index in [9.17, 15) is 12.8 Å². The van der Waals surface area contributed by atoms with Crippen LogP contribution in [-0.4, -0.2) is 37.3 Å². The fourth-order valence-electron chi connectivity index (χ4n) is 0.786. The van der Waals surface area contributed by atoms with Gasteiger partial charge in [-0.2, -0.15) is 0 Å². The summed E-state index contributed by atoms with van der Waals surface area (Å²) in [6.45, 7) is 0. The van der Waals surface area contributed by atoms with Crippen molar-refractivity contribution in [2.45, 2.75) is 12.3 Å². The lowest BCUT2D eigenvalue weighted by Gasteiger charge is -1.97. The number of sulfone groups is 1. The Morgan fingerprint density at radius 2 is 2.00 bits per heavy atom. The number of hydrogen-bond acceptors (Lipinski definition) is 3. The van der Waals surface area contributed by atoms with Crippen molar-refractivity contribution in [3.05, 3.63) is 0 Å². The van der Waals surface area contributed by atoms with Gasteiger partial charge in [-0.25, -0.2) is 12.8 Å². The SMILES string of the molecule is O=S1(=O)C[C@@H](O)[C@H](F)C1. The second-order valence-corrected chi connectivity index (χ2v) is 4.31. The molecule has 1 aliphatic rings. The summed E-state index contributed by atoms with van der Waals surface area (Å²) in [7, 11) is -3.27. The first kappa shape index (κ1) is 6.95. The molecule has 0 amide bonds. The summed E-state index contributed by atoms with van der Waals surface area (Å²) in [6.07, 6.45) is -2.87. The third kappa shape index (κ3) is 1.40. The average Bonchev–Trinajstić information content (AvgIpc) is 1.79. The molecule has 0 saturated carbocycles. The monoisotopic (exact) mass is 154 g/mol. The predicted molar refractivity (Wildman–Crippen MR) is 29.6 cm³/mol. The molecule has 1 aliphatic heterocycles. The molecule has 9 heavy (non-hydrogen) atoms. The summed E-state index contributed by atoms with van der Waals surface area (Å²) in [5.41, 5.74) is 0. The third-order valence-electron chi connectivity index (χ3n) is 1.26. The fraction of sp³-hybridized carbons (Fsp3) is 1.00. The van der Waals surface area contributed by atoms with Crippen molar-refractivity contribution in [1.29, 1.82) is 0 Å². The van der Waals surface area contributed by atoms with Gasteiger partial charge in [-0.15, -0.1) is 0 Å². The summed E-state index contributed by atoms with van der Waals surface area (Å²) in [4.78, 5) is 0. The predicted octanol–water partition coefficient (Wildman–Crippen LogP) is -0.886. The summed E-state index contributed by atoms with van der Waals surface area (Å²) < 4.78 is 33.1. The van der Waals surface area contributed by atoms with Gasteiger partial charge in [-0.05, 0) is 0 Å². The van der Waals surface area contributed by atoms with E-state index in [1.165, 1.54) is 0 Å². The molecule has 0 radical (unpaired) electrons. The number of halogens is 1. The Bertz CT molecular complexity index is 182. The summed E-state index contributed by atoms with van der Waals surface area (Å²) >= 11 is 0. The van der Waals surface area contributed by atoms with Gasteiger partial charge in [-0.3, -0.25) is 0 Å². The first-order chi connectivity index (χ1) is 4.01. The second kappa shape index (κ2) is 1.91. The number of alkyl halides is 1. The van der Waals surface area contributed by atoms with Gasteiger partial charge in [0.2, 0.25) is 0 Å². The zero-order chi connectivity index (χ0) is 7.07. The largest absolute Gasteiger partial charge is 0.389 e. The molecular weight excluding hydrogens is 147 g/mol. The van der Waals surface area contributed by atoms with E-state index in [1.807, 2.05) is 0 Å². The molecule has 0 aromatic carbocycles. The summed E-state index contributed by atoms with van der Waals surface area (Å²) in [5, 5.41) is 8.58. The second-order valence-electron chi connectivity index (χ2n) is 2.16. The molecule has 1 heterocycles. The minimum Gasteiger partial charge on any atom is -0.389 e. The van der Waals surface area contributed by atoms with E-state index in [4.69, 9.17) is 5.11 Å². The Balaban J connectivity index is 2.77. The van der Waals surface area contributed by atoms with Crippen LogP contribution in [0.4, 0.5) is 4.39 Å². The Kier molecular flexibility index (Phi) is 1.48. The highest BCUT2D eigenvalue weighted by Crippen LogP contribution is 2.14. The van der Waals surface area contributed by atoms with Crippen LogP contribution in [0.25, 0.3) is 0 Å². The zero-order valence-corrected chi connectivity index (χ0v) is 5.44. The Morgan fingerprint density at radius 3 is 2.11 bits per heavy atom. The first-order valence-electron chi connectivity index (χ1n) is 2.54. The summed E-state index contributed by atoms with van der Waals surface area (Å²) in [5.74, 6) is -0.942. The van der Waals surface area contributed by atoms with Crippen molar-refractivity contribution in [2.24, 2.45) is 0 Å². The minimum absolute atomic E-state index is 0.422. The lowest BCUT2D eigenvalue weighted by Crippen LogP contribution is -2.17. The number of aliphatic hydroxyl groups excluding tert-OH is 1. The van der Waals surface area contributed by atoms with Crippen molar-refractivity contribution in [3.63, 3.8) is 0 Å². The van der Waals surface area contributed by atoms with Gasteiger partial charge < -0.3 is 5.11 Å². The molecular formula is C4H7FO3S. The molecule has 5 heteroatoms. The number of hydrogen-bond donors (Lipinski definition) is 1. The van der Waals surface area contributed by atoms with E-state index >= 15 is 0 Å². The highest BCUT2D eigenvalue weighted by atomic mass is 32.2. The minimum atomic E-state index is -3.27. The molecule has 0 unspecified atom stereocenters. The van der Waals surface area contributed by atoms with Crippen LogP contribution in [0.5, 0.6) is 0 Å². The lowest BCUT2D eigenvalue weighted by molar-refractivity contribution is 0.118. The Hall–Kier alpha value is -0.160. The number of aliphatic hydroxyl groups is 1. The molecule has 54 valence electrons. The molecule has 0 bridgehead atoms. The maximum Gasteiger partial charge on any atom is 0.155 e. The van der Waals surface area contributed by atoms with Gasteiger partial charge in [-0.1, -0.05) is 0 Å². The van der Waals surface area contributed by atoms with E-state index in [-0.39, 0.29) is 0 Å². The van der Waals surface area contributed by atoms with Gasteiger partial charge in [0.1, 0.15) is 12.3 Å². The molecule has 1 N–H and O–H groups in total. The van der Waals surface area contributed by atoms with Crippen LogP contribution in [0.2, 0.25) is 0 Å². The zero-order valence-electron chi connectivity index (χ0n) is 4.62. The first-order valence-corrected chi connectivity index (χ1v) is 4.36. The van der Waals surface area contributed by atoms with Gasteiger partial charge in [0.05, 0.1) is 11.5 Å². The van der Waals surface area contributed by atoms with Gasteiger partial charge in [0, 0.05) is 0 Å². The molecule has 2 atom stereocenters. The fourth-order valence-corrected chi connectivity index (χ4v) is 2.36. The maximum atomic E-state index is 12.2. The van der Waals surface area contributed by atoms with Gasteiger partial charge >= 0.3 is 0 Å². The smallest absolute Gasteiger partial charge is 0.155 e. The molecule has 3 nitrogen and oxygen atoms in total.